The van der Waals surface area contributed by atoms with Crippen LogP contribution in [0.1, 0.15) is 21.7 Å². The Balaban J connectivity index is 1.36. The number of para-hydroxylation sites is 2. The highest BCUT2D eigenvalue weighted by molar-refractivity contribution is 6.04. The number of aromatic nitrogens is 3. The minimum atomic E-state index is -0.436. The molecule has 2 amide bonds. The molecule has 3 aromatic rings. The smallest absolute Gasteiger partial charge is 0.278 e. The van der Waals surface area contributed by atoms with Gasteiger partial charge in [-0.25, -0.2) is 4.68 Å². The van der Waals surface area contributed by atoms with E-state index in [2.05, 4.69) is 20.9 Å². The summed E-state index contributed by atoms with van der Waals surface area (Å²) < 4.78 is 17.2. The van der Waals surface area contributed by atoms with Crippen LogP contribution in [0.15, 0.2) is 42.5 Å². The maximum absolute atomic E-state index is 12.6. The third-order valence-corrected chi connectivity index (χ3v) is 4.77. The maximum Gasteiger partial charge on any atom is 0.278 e. The molecule has 4 rings (SSSR count). The van der Waals surface area contributed by atoms with Gasteiger partial charge in [0.2, 0.25) is 12.7 Å². The van der Waals surface area contributed by atoms with Gasteiger partial charge in [-0.3, -0.25) is 9.59 Å². The molecule has 0 saturated carbocycles. The summed E-state index contributed by atoms with van der Waals surface area (Å²) >= 11 is 0. The molecule has 2 heterocycles. The lowest BCUT2D eigenvalue weighted by atomic mass is 10.2. The summed E-state index contributed by atoms with van der Waals surface area (Å²) in [6, 6.07) is 12.5. The van der Waals surface area contributed by atoms with Crippen molar-refractivity contribution >= 4 is 17.5 Å². The van der Waals surface area contributed by atoms with Gasteiger partial charge in [-0.15, -0.1) is 5.10 Å². The third-order valence-electron chi connectivity index (χ3n) is 4.77. The molecule has 0 bridgehead atoms. The SMILES string of the molecule is COc1ccccc1NC(=O)c1nnn(CC(=O)NCc2ccc3c(c2)OCO3)c1C. The van der Waals surface area contributed by atoms with E-state index >= 15 is 0 Å². The average molecular weight is 423 g/mol. The standard InChI is InChI=1S/C21H21N5O5/c1-13-20(21(28)23-15-5-3-4-6-16(15)29-2)24-25-26(13)11-19(27)22-10-14-7-8-17-18(9-14)31-12-30-17/h3-9H,10-12H2,1-2H3,(H,22,27)(H,23,28). The summed E-state index contributed by atoms with van der Waals surface area (Å²) in [6.07, 6.45) is 0. The zero-order valence-corrected chi connectivity index (χ0v) is 17.0. The van der Waals surface area contributed by atoms with Crippen LogP contribution in [0.2, 0.25) is 0 Å². The number of hydrogen-bond donors (Lipinski definition) is 2. The van der Waals surface area contributed by atoms with E-state index < -0.39 is 5.91 Å². The number of fused-ring (bicyclic) bond motifs is 1. The number of amides is 2. The van der Waals surface area contributed by atoms with Gasteiger partial charge in [0.05, 0.1) is 18.5 Å². The minimum absolute atomic E-state index is 0.0642. The summed E-state index contributed by atoms with van der Waals surface area (Å²) in [6.45, 7) is 2.14. The number of nitrogens with zero attached hydrogens (tertiary/aromatic N) is 3. The Morgan fingerprint density at radius 2 is 1.97 bits per heavy atom. The van der Waals surface area contributed by atoms with Gasteiger partial charge in [-0.2, -0.15) is 0 Å². The first-order valence-corrected chi connectivity index (χ1v) is 9.55. The largest absolute Gasteiger partial charge is 0.495 e. The third kappa shape index (κ3) is 4.42. The molecule has 160 valence electrons. The van der Waals surface area contributed by atoms with Crippen LogP contribution in [0, 0.1) is 6.92 Å². The van der Waals surface area contributed by atoms with E-state index in [9.17, 15) is 9.59 Å². The first kappa shape index (κ1) is 20.2. The van der Waals surface area contributed by atoms with Gasteiger partial charge >= 0.3 is 0 Å². The van der Waals surface area contributed by atoms with Crippen LogP contribution in [0.3, 0.4) is 0 Å². The fraction of sp³-hybridized carbons (Fsp3) is 0.238. The molecule has 1 aromatic heterocycles. The number of anilines is 1. The van der Waals surface area contributed by atoms with Crippen molar-refractivity contribution in [1.82, 2.24) is 20.3 Å². The molecule has 0 saturated heterocycles. The predicted molar refractivity (Wildman–Crippen MR) is 110 cm³/mol. The van der Waals surface area contributed by atoms with Crippen molar-refractivity contribution in [3.8, 4) is 17.2 Å². The Hall–Kier alpha value is -4.08. The Morgan fingerprint density at radius 1 is 1.16 bits per heavy atom. The summed E-state index contributed by atoms with van der Waals surface area (Å²) in [4.78, 5) is 25.0. The van der Waals surface area contributed by atoms with E-state index in [1.165, 1.54) is 11.8 Å². The van der Waals surface area contributed by atoms with E-state index in [1.807, 2.05) is 12.1 Å². The van der Waals surface area contributed by atoms with Crippen LogP contribution < -0.4 is 24.8 Å². The molecule has 0 radical (unpaired) electrons. The average Bonchev–Trinajstić information content (AvgIpc) is 3.39. The number of rotatable bonds is 7. The van der Waals surface area contributed by atoms with E-state index in [1.54, 1.807) is 37.3 Å². The number of benzene rings is 2. The second-order valence-corrected chi connectivity index (χ2v) is 6.80. The maximum atomic E-state index is 12.6. The van der Waals surface area contributed by atoms with Crippen LogP contribution in [0.5, 0.6) is 17.2 Å². The van der Waals surface area contributed by atoms with Gasteiger partial charge < -0.3 is 24.8 Å². The summed E-state index contributed by atoms with van der Waals surface area (Å²) in [5.74, 6) is 1.18. The first-order valence-electron chi connectivity index (χ1n) is 9.55. The lowest BCUT2D eigenvalue weighted by molar-refractivity contribution is -0.122. The molecule has 0 fully saturated rings. The highest BCUT2D eigenvalue weighted by Crippen LogP contribution is 2.32. The number of nitrogens with one attached hydrogen (secondary N) is 2. The normalized spacial score (nSPS) is 11.8. The number of carbonyl (C=O) groups excluding carboxylic acids is 2. The molecular formula is C21H21N5O5. The molecule has 31 heavy (non-hydrogen) atoms. The van der Waals surface area contributed by atoms with Crippen molar-refractivity contribution in [3.63, 3.8) is 0 Å². The van der Waals surface area contributed by atoms with Crippen molar-refractivity contribution in [2.45, 2.75) is 20.0 Å². The van der Waals surface area contributed by atoms with Crippen molar-refractivity contribution in [3.05, 3.63) is 59.4 Å². The van der Waals surface area contributed by atoms with Gasteiger partial charge in [0.15, 0.2) is 17.2 Å². The molecule has 10 nitrogen and oxygen atoms in total. The molecule has 10 heteroatoms. The van der Waals surface area contributed by atoms with Gasteiger partial charge in [0, 0.05) is 6.54 Å². The summed E-state index contributed by atoms with van der Waals surface area (Å²) in [5.41, 5.74) is 2.01. The zero-order chi connectivity index (χ0) is 21.8. The minimum Gasteiger partial charge on any atom is -0.495 e. The highest BCUT2D eigenvalue weighted by atomic mass is 16.7. The predicted octanol–water partition coefficient (Wildman–Crippen LogP) is 1.89. The van der Waals surface area contributed by atoms with E-state index in [0.29, 0.717) is 35.2 Å². The Labute approximate surface area is 178 Å². The number of carbonyl (C=O) groups is 2. The molecule has 0 aliphatic carbocycles. The van der Waals surface area contributed by atoms with Crippen LogP contribution >= 0.6 is 0 Å². The van der Waals surface area contributed by atoms with Crippen molar-refractivity contribution in [2.75, 3.05) is 19.2 Å². The molecule has 2 N–H and O–H groups in total. The topological polar surface area (TPSA) is 117 Å². The van der Waals surface area contributed by atoms with Crippen LogP contribution in [-0.4, -0.2) is 40.7 Å². The number of ether oxygens (including phenoxy) is 3. The molecule has 0 atom stereocenters. The molecule has 1 aliphatic heterocycles. The van der Waals surface area contributed by atoms with Gasteiger partial charge in [0.1, 0.15) is 12.3 Å². The Morgan fingerprint density at radius 3 is 2.81 bits per heavy atom. The van der Waals surface area contributed by atoms with Gasteiger partial charge in [-0.05, 0) is 36.8 Å². The van der Waals surface area contributed by atoms with Gasteiger partial charge in [0.25, 0.3) is 5.91 Å². The zero-order valence-electron chi connectivity index (χ0n) is 17.0. The van der Waals surface area contributed by atoms with Crippen molar-refractivity contribution in [1.29, 1.82) is 0 Å². The van der Waals surface area contributed by atoms with E-state index in [4.69, 9.17) is 14.2 Å². The lowest BCUT2D eigenvalue weighted by Gasteiger charge is -2.09. The number of methoxy groups -OCH3 is 1. The molecule has 2 aromatic carbocycles. The summed E-state index contributed by atoms with van der Waals surface area (Å²) in [7, 11) is 1.52. The van der Waals surface area contributed by atoms with Crippen LogP contribution in [-0.2, 0) is 17.9 Å². The molecular weight excluding hydrogens is 402 g/mol. The molecule has 1 aliphatic rings. The highest BCUT2D eigenvalue weighted by Gasteiger charge is 2.19. The van der Waals surface area contributed by atoms with Gasteiger partial charge in [-0.1, -0.05) is 23.4 Å². The Kier molecular flexibility index (Phi) is 5.69. The second-order valence-electron chi connectivity index (χ2n) is 6.80. The molecule has 0 spiro atoms. The monoisotopic (exact) mass is 423 g/mol. The van der Waals surface area contributed by atoms with Crippen molar-refractivity contribution in [2.24, 2.45) is 0 Å². The lowest BCUT2D eigenvalue weighted by Crippen LogP contribution is -2.28. The quantitative estimate of drug-likeness (QED) is 0.596. The van der Waals surface area contributed by atoms with E-state index in [0.717, 1.165) is 5.56 Å². The molecule has 0 unspecified atom stereocenters. The van der Waals surface area contributed by atoms with Crippen LogP contribution in [0.25, 0.3) is 0 Å². The first-order chi connectivity index (χ1) is 15.0. The summed E-state index contributed by atoms with van der Waals surface area (Å²) in [5, 5.41) is 13.4. The van der Waals surface area contributed by atoms with Crippen molar-refractivity contribution < 1.29 is 23.8 Å². The second kappa shape index (κ2) is 8.74. The fourth-order valence-electron chi connectivity index (χ4n) is 3.09. The van der Waals surface area contributed by atoms with Crippen LogP contribution in [0.4, 0.5) is 5.69 Å². The Bertz CT molecular complexity index is 1130. The number of hydrogen-bond acceptors (Lipinski definition) is 7. The van der Waals surface area contributed by atoms with E-state index in [-0.39, 0.29) is 24.9 Å². The fourth-order valence-corrected chi connectivity index (χ4v) is 3.09.